The van der Waals surface area contributed by atoms with Crippen LogP contribution < -0.4 is 0 Å². The predicted octanol–water partition coefficient (Wildman–Crippen LogP) is 4.21. The van der Waals surface area contributed by atoms with Crippen molar-refractivity contribution in [2.45, 2.75) is 33.7 Å². The van der Waals surface area contributed by atoms with Crippen molar-refractivity contribution in [3.63, 3.8) is 0 Å². The average molecular weight is 316 g/mol. The van der Waals surface area contributed by atoms with Gasteiger partial charge in [-0.1, -0.05) is 19.1 Å². The van der Waals surface area contributed by atoms with Crippen LogP contribution in [0.4, 0.5) is 0 Å². The van der Waals surface area contributed by atoms with Gasteiger partial charge in [-0.15, -0.1) is 0 Å². The summed E-state index contributed by atoms with van der Waals surface area (Å²) in [6.45, 7) is 7.07. The molecule has 0 saturated carbocycles. The first-order chi connectivity index (χ1) is 11.7. The van der Waals surface area contributed by atoms with Gasteiger partial charge in [-0.25, -0.2) is 9.97 Å². The van der Waals surface area contributed by atoms with Gasteiger partial charge in [-0.3, -0.25) is 4.98 Å². The van der Waals surface area contributed by atoms with E-state index in [1.807, 2.05) is 19.2 Å². The number of hydrogen-bond acceptors (Lipinski definition) is 3. The fourth-order valence-electron chi connectivity index (χ4n) is 3.29. The molecule has 0 atom stereocenters. The molecule has 0 bridgehead atoms. The Hall–Kier alpha value is -2.75. The zero-order valence-electron chi connectivity index (χ0n) is 14.2. The van der Waals surface area contributed by atoms with Gasteiger partial charge >= 0.3 is 0 Å². The van der Waals surface area contributed by atoms with Crippen molar-refractivity contribution in [1.29, 1.82) is 0 Å². The van der Waals surface area contributed by atoms with Gasteiger partial charge in [0.15, 0.2) is 5.65 Å². The molecule has 3 heterocycles. The van der Waals surface area contributed by atoms with E-state index >= 15 is 0 Å². The van der Waals surface area contributed by atoms with Crippen LogP contribution in [0.2, 0.25) is 0 Å². The maximum absolute atomic E-state index is 4.82. The van der Waals surface area contributed by atoms with E-state index < -0.39 is 0 Å². The van der Waals surface area contributed by atoms with E-state index in [9.17, 15) is 0 Å². The van der Waals surface area contributed by atoms with Gasteiger partial charge in [0.25, 0.3) is 0 Å². The van der Waals surface area contributed by atoms with Crippen molar-refractivity contribution in [3.05, 3.63) is 65.2 Å². The molecular weight excluding hydrogens is 296 g/mol. The second kappa shape index (κ2) is 5.71. The summed E-state index contributed by atoms with van der Waals surface area (Å²) < 4.78 is 2.24. The predicted molar refractivity (Wildman–Crippen MR) is 97.2 cm³/mol. The molecule has 0 fully saturated rings. The van der Waals surface area contributed by atoms with Gasteiger partial charge in [0.05, 0.1) is 12.1 Å². The molecular formula is C20H20N4. The van der Waals surface area contributed by atoms with Crippen molar-refractivity contribution in [2.75, 3.05) is 0 Å². The third kappa shape index (κ3) is 2.44. The first-order valence-corrected chi connectivity index (χ1v) is 8.32. The van der Waals surface area contributed by atoms with E-state index in [1.54, 1.807) is 0 Å². The molecule has 4 heteroatoms. The summed E-state index contributed by atoms with van der Waals surface area (Å²) in [5.41, 5.74) is 6.48. The number of rotatable bonds is 3. The van der Waals surface area contributed by atoms with E-state index in [0.717, 1.165) is 46.6 Å². The Labute approximate surface area is 141 Å². The summed E-state index contributed by atoms with van der Waals surface area (Å²) in [6, 6.07) is 12.6. The van der Waals surface area contributed by atoms with Crippen LogP contribution in [0, 0.1) is 13.8 Å². The van der Waals surface area contributed by atoms with E-state index in [4.69, 9.17) is 9.97 Å². The number of nitrogens with zero attached hydrogens (tertiary/aromatic N) is 4. The topological polar surface area (TPSA) is 43.6 Å². The van der Waals surface area contributed by atoms with Gasteiger partial charge in [0.2, 0.25) is 0 Å². The van der Waals surface area contributed by atoms with Gasteiger partial charge in [0.1, 0.15) is 11.3 Å². The van der Waals surface area contributed by atoms with Crippen molar-refractivity contribution >= 4 is 22.1 Å². The highest BCUT2D eigenvalue weighted by atomic mass is 15.1. The van der Waals surface area contributed by atoms with Crippen LogP contribution in [0.5, 0.6) is 0 Å². The van der Waals surface area contributed by atoms with E-state index in [1.165, 1.54) is 11.1 Å². The Morgan fingerprint density at radius 2 is 1.92 bits per heavy atom. The maximum Gasteiger partial charge on any atom is 0.160 e. The van der Waals surface area contributed by atoms with Crippen molar-refractivity contribution in [2.24, 2.45) is 0 Å². The fraction of sp³-hybridized carbons (Fsp3) is 0.250. The normalized spacial score (nSPS) is 11.5. The molecule has 120 valence electrons. The molecule has 4 rings (SSSR count). The van der Waals surface area contributed by atoms with Crippen LogP contribution in [0.25, 0.3) is 22.1 Å². The van der Waals surface area contributed by atoms with Crippen molar-refractivity contribution in [1.82, 2.24) is 19.5 Å². The highest BCUT2D eigenvalue weighted by Gasteiger charge is 2.13. The quantitative estimate of drug-likeness (QED) is 0.569. The van der Waals surface area contributed by atoms with E-state index in [2.05, 4.69) is 53.7 Å². The maximum atomic E-state index is 4.82. The fourth-order valence-corrected chi connectivity index (χ4v) is 3.29. The van der Waals surface area contributed by atoms with Crippen LogP contribution in [-0.4, -0.2) is 19.5 Å². The standard InChI is InChI=1S/C20H20N4/c1-4-18-23-19-13(2)10-14(3)22-20(19)24(18)12-15-7-8-17-16(11-15)6-5-9-21-17/h5-11H,4,12H2,1-3H3. The molecule has 4 nitrogen and oxygen atoms in total. The lowest BCUT2D eigenvalue weighted by Gasteiger charge is -2.09. The van der Waals surface area contributed by atoms with Crippen LogP contribution in [0.1, 0.15) is 29.6 Å². The van der Waals surface area contributed by atoms with Crippen LogP contribution >= 0.6 is 0 Å². The SMILES string of the molecule is CCc1nc2c(C)cc(C)nc2n1Cc1ccc2ncccc2c1. The Morgan fingerprint density at radius 1 is 1.04 bits per heavy atom. The summed E-state index contributed by atoms with van der Waals surface area (Å²) in [7, 11) is 0. The first kappa shape index (κ1) is 14.8. The molecule has 0 amide bonds. The number of benzene rings is 1. The lowest BCUT2D eigenvalue weighted by atomic mass is 10.1. The van der Waals surface area contributed by atoms with E-state index in [-0.39, 0.29) is 0 Å². The third-order valence-electron chi connectivity index (χ3n) is 4.43. The molecule has 3 aromatic heterocycles. The smallest absolute Gasteiger partial charge is 0.160 e. The second-order valence-corrected chi connectivity index (χ2v) is 6.25. The summed E-state index contributed by atoms with van der Waals surface area (Å²) in [6.07, 6.45) is 2.72. The zero-order valence-corrected chi connectivity index (χ0v) is 14.2. The molecule has 0 radical (unpaired) electrons. The Morgan fingerprint density at radius 3 is 2.75 bits per heavy atom. The summed E-state index contributed by atoms with van der Waals surface area (Å²) >= 11 is 0. The molecule has 0 unspecified atom stereocenters. The Bertz CT molecular complexity index is 1050. The Kier molecular flexibility index (Phi) is 3.53. The zero-order chi connectivity index (χ0) is 16.7. The largest absolute Gasteiger partial charge is 0.308 e. The summed E-state index contributed by atoms with van der Waals surface area (Å²) in [5.74, 6) is 1.08. The monoisotopic (exact) mass is 316 g/mol. The van der Waals surface area contributed by atoms with Crippen LogP contribution in [-0.2, 0) is 13.0 Å². The molecule has 24 heavy (non-hydrogen) atoms. The molecule has 0 N–H and O–H groups in total. The van der Waals surface area contributed by atoms with Gasteiger partial charge in [-0.2, -0.15) is 0 Å². The minimum Gasteiger partial charge on any atom is -0.308 e. The molecule has 1 aromatic carbocycles. The minimum atomic E-state index is 0.778. The number of aryl methyl sites for hydroxylation is 3. The number of hydrogen-bond donors (Lipinski definition) is 0. The average Bonchev–Trinajstić information content (AvgIpc) is 2.93. The van der Waals surface area contributed by atoms with Crippen molar-refractivity contribution < 1.29 is 0 Å². The number of aromatic nitrogens is 4. The molecule has 0 aliphatic rings. The molecule has 0 spiro atoms. The summed E-state index contributed by atoms with van der Waals surface area (Å²) in [5, 5.41) is 1.16. The van der Waals surface area contributed by atoms with Gasteiger partial charge in [0, 0.05) is 23.7 Å². The number of pyridine rings is 2. The Balaban J connectivity index is 1.85. The molecule has 0 aliphatic heterocycles. The van der Waals surface area contributed by atoms with Gasteiger partial charge < -0.3 is 4.57 Å². The lowest BCUT2D eigenvalue weighted by molar-refractivity contribution is 0.746. The van der Waals surface area contributed by atoms with E-state index in [0.29, 0.717) is 0 Å². The second-order valence-electron chi connectivity index (χ2n) is 6.25. The molecule has 4 aromatic rings. The third-order valence-corrected chi connectivity index (χ3v) is 4.43. The lowest BCUT2D eigenvalue weighted by Crippen LogP contribution is -2.05. The minimum absolute atomic E-state index is 0.778. The molecule has 0 saturated heterocycles. The highest BCUT2D eigenvalue weighted by molar-refractivity contribution is 5.79. The van der Waals surface area contributed by atoms with Crippen molar-refractivity contribution in [3.8, 4) is 0 Å². The first-order valence-electron chi connectivity index (χ1n) is 8.32. The number of imidazole rings is 1. The van der Waals surface area contributed by atoms with Crippen LogP contribution in [0.15, 0.2) is 42.6 Å². The molecule has 0 aliphatic carbocycles. The highest BCUT2D eigenvalue weighted by Crippen LogP contribution is 2.22. The van der Waals surface area contributed by atoms with Crippen LogP contribution in [0.3, 0.4) is 0 Å². The van der Waals surface area contributed by atoms with Gasteiger partial charge in [-0.05, 0) is 49.2 Å². The summed E-state index contributed by atoms with van der Waals surface area (Å²) in [4.78, 5) is 14.0. The number of fused-ring (bicyclic) bond motifs is 2.